The molecule has 0 saturated heterocycles. The molecule has 3 heterocycles. The van der Waals surface area contributed by atoms with Crippen molar-refractivity contribution in [2.24, 2.45) is 0 Å². The lowest BCUT2D eigenvalue weighted by Gasteiger charge is -2.11. The highest BCUT2D eigenvalue weighted by Gasteiger charge is 2.19. The number of hydrogen-bond donors (Lipinski definition) is 0. The van der Waals surface area contributed by atoms with E-state index in [1.165, 1.54) is 16.5 Å². The SMILES string of the molecule is c1ccc(-c2cccc(-n3c4ccccc4c4cnc5c(ccc6c7ccccc7oc65)c43)c2)cc1. The first-order valence-electron chi connectivity index (χ1n) is 12.1. The highest BCUT2D eigenvalue weighted by atomic mass is 16.3. The molecule has 0 amide bonds. The molecule has 36 heavy (non-hydrogen) atoms. The van der Waals surface area contributed by atoms with Crippen LogP contribution in [0.4, 0.5) is 0 Å². The van der Waals surface area contributed by atoms with Crippen molar-refractivity contribution in [3.05, 3.63) is 121 Å². The number of furan rings is 1. The van der Waals surface area contributed by atoms with Crippen molar-refractivity contribution >= 4 is 54.6 Å². The summed E-state index contributed by atoms with van der Waals surface area (Å²) in [6.45, 7) is 0. The summed E-state index contributed by atoms with van der Waals surface area (Å²) >= 11 is 0. The van der Waals surface area contributed by atoms with Crippen molar-refractivity contribution in [1.82, 2.24) is 9.55 Å². The monoisotopic (exact) mass is 460 g/mol. The van der Waals surface area contributed by atoms with Gasteiger partial charge in [0.1, 0.15) is 11.1 Å². The number of nitrogens with zero attached hydrogens (tertiary/aromatic N) is 2. The Kier molecular flexibility index (Phi) is 3.94. The Morgan fingerprint density at radius 3 is 2.22 bits per heavy atom. The maximum absolute atomic E-state index is 6.34. The molecular formula is C33H20N2O. The Morgan fingerprint density at radius 2 is 1.31 bits per heavy atom. The molecule has 0 spiro atoms. The molecule has 8 aromatic rings. The second kappa shape index (κ2) is 7.30. The molecule has 5 aromatic carbocycles. The Bertz CT molecular complexity index is 2100. The second-order valence-corrected chi connectivity index (χ2v) is 9.23. The molecule has 0 fully saturated rings. The number of fused-ring (bicyclic) bond motifs is 9. The number of aromatic nitrogens is 2. The first kappa shape index (κ1) is 19.4. The Balaban J connectivity index is 1.51. The normalized spacial score (nSPS) is 11.9. The van der Waals surface area contributed by atoms with E-state index in [2.05, 4.69) is 108 Å². The van der Waals surface area contributed by atoms with Gasteiger partial charge < -0.3 is 8.98 Å². The van der Waals surface area contributed by atoms with Crippen molar-refractivity contribution in [2.45, 2.75) is 0 Å². The molecule has 0 radical (unpaired) electrons. The topological polar surface area (TPSA) is 31.0 Å². The molecule has 0 N–H and O–H groups in total. The van der Waals surface area contributed by atoms with E-state index in [0.717, 1.165) is 54.9 Å². The van der Waals surface area contributed by atoms with Crippen molar-refractivity contribution in [1.29, 1.82) is 0 Å². The fourth-order valence-electron chi connectivity index (χ4n) is 5.61. The summed E-state index contributed by atoms with van der Waals surface area (Å²) in [4.78, 5) is 4.95. The summed E-state index contributed by atoms with van der Waals surface area (Å²) in [7, 11) is 0. The number of pyridine rings is 1. The lowest BCUT2D eigenvalue weighted by Crippen LogP contribution is -1.95. The van der Waals surface area contributed by atoms with Gasteiger partial charge in [-0.25, -0.2) is 0 Å². The zero-order valence-electron chi connectivity index (χ0n) is 19.3. The predicted octanol–water partition coefficient (Wildman–Crippen LogP) is 8.90. The van der Waals surface area contributed by atoms with Gasteiger partial charge in [-0.15, -0.1) is 0 Å². The highest BCUT2D eigenvalue weighted by molar-refractivity contribution is 6.23. The van der Waals surface area contributed by atoms with Crippen molar-refractivity contribution in [3.63, 3.8) is 0 Å². The molecule has 0 aliphatic carbocycles. The fourth-order valence-corrected chi connectivity index (χ4v) is 5.61. The van der Waals surface area contributed by atoms with E-state index in [9.17, 15) is 0 Å². The van der Waals surface area contributed by atoms with Crippen LogP contribution in [0, 0.1) is 0 Å². The third kappa shape index (κ3) is 2.65. The van der Waals surface area contributed by atoms with E-state index in [4.69, 9.17) is 9.40 Å². The molecular weight excluding hydrogens is 440 g/mol. The third-order valence-corrected chi connectivity index (χ3v) is 7.22. The van der Waals surface area contributed by atoms with E-state index in [1.807, 2.05) is 18.3 Å². The van der Waals surface area contributed by atoms with E-state index in [0.29, 0.717) is 0 Å². The molecule has 0 unspecified atom stereocenters. The summed E-state index contributed by atoms with van der Waals surface area (Å²) in [6.07, 6.45) is 2.00. The maximum atomic E-state index is 6.34. The molecule has 168 valence electrons. The van der Waals surface area contributed by atoms with Gasteiger partial charge in [0.15, 0.2) is 5.58 Å². The molecule has 0 atom stereocenters. The van der Waals surface area contributed by atoms with Crippen LogP contribution in [0.15, 0.2) is 126 Å². The Labute approximate surface area is 206 Å². The minimum absolute atomic E-state index is 0.838. The average molecular weight is 461 g/mol. The van der Waals surface area contributed by atoms with Gasteiger partial charge in [0, 0.05) is 38.8 Å². The van der Waals surface area contributed by atoms with Gasteiger partial charge in [0.25, 0.3) is 0 Å². The fraction of sp³-hybridized carbons (Fsp3) is 0. The zero-order chi connectivity index (χ0) is 23.6. The van der Waals surface area contributed by atoms with Gasteiger partial charge in [-0.3, -0.25) is 4.98 Å². The first-order valence-corrected chi connectivity index (χ1v) is 12.1. The van der Waals surface area contributed by atoms with Gasteiger partial charge in [-0.2, -0.15) is 0 Å². The number of rotatable bonds is 2. The van der Waals surface area contributed by atoms with E-state index >= 15 is 0 Å². The first-order chi connectivity index (χ1) is 17.9. The average Bonchev–Trinajstić information content (AvgIpc) is 3.50. The van der Waals surface area contributed by atoms with Crippen LogP contribution in [0.3, 0.4) is 0 Å². The van der Waals surface area contributed by atoms with Gasteiger partial charge in [-0.05, 0) is 47.5 Å². The largest absolute Gasteiger partial charge is 0.454 e. The van der Waals surface area contributed by atoms with Crippen LogP contribution in [0.5, 0.6) is 0 Å². The Morgan fingerprint density at radius 1 is 0.556 bits per heavy atom. The second-order valence-electron chi connectivity index (χ2n) is 9.23. The van der Waals surface area contributed by atoms with Crippen LogP contribution in [-0.4, -0.2) is 9.55 Å². The summed E-state index contributed by atoms with van der Waals surface area (Å²) in [5.41, 5.74) is 8.45. The lowest BCUT2D eigenvalue weighted by molar-refractivity contribution is 0.671. The van der Waals surface area contributed by atoms with E-state index < -0.39 is 0 Å². The van der Waals surface area contributed by atoms with E-state index in [1.54, 1.807) is 0 Å². The molecule has 3 heteroatoms. The molecule has 0 aliphatic heterocycles. The summed E-state index contributed by atoms with van der Waals surface area (Å²) in [6, 6.07) is 40.4. The van der Waals surface area contributed by atoms with Crippen LogP contribution in [0.25, 0.3) is 71.5 Å². The molecule has 3 nitrogen and oxygen atoms in total. The summed E-state index contributed by atoms with van der Waals surface area (Å²) in [5.74, 6) is 0. The molecule has 0 aliphatic rings. The lowest BCUT2D eigenvalue weighted by atomic mass is 10.0. The van der Waals surface area contributed by atoms with Crippen LogP contribution < -0.4 is 0 Å². The Hall–Kier alpha value is -4.89. The van der Waals surface area contributed by atoms with E-state index in [-0.39, 0.29) is 0 Å². The molecule has 3 aromatic heterocycles. The standard InChI is InChI=1S/C33H20N2O/c1-2-9-21(10-3-1)22-11-8-12-23(19-22)35-29-15-6-4-13-24(29)28-20-34-31-27(32(28)35)18-17-26-25-14-5-7-16-30(25)36-33(26)31/h1-20H. The predicted molar refractivity (Wildman–Crippen MR) is 149 cm³/mol. The van der Waals surface area contributed by atoms with Gasteiger partial charge in [0.2, 0.25) is 0 Å². The maximum Gasteiger partial charge on any atom is 0.161 e. The summed E-state index contributed by atoms with van der Waals surface area (Å²) < 4.78 is 8.71. The molecule has 8 rings (SSSR count). The van der Waals surface area contributed by atoms with Crippen LogP contribution in [-0.2, 0) is 0 Å². The number of para-hydroxylation sites is 2. The van der Waals surface area contributed by atoms with Gasteiger partial charge in [0.05, 0.1) is 11.0 Å². The van der Waals surface area contributed by atoms with Crippen LogP contribution >= 0.6 is 0 Å². The van der Waals surface area contributed by atoms with Crippen molar-refractivity contribution in [3.8, 4) is 16.8 Å². The van der Waals surface area contributed by atoms with Gasteiger partial charge >= 0.3 is 0 Å². The van der Waals surface area contributed by atoms with Crippen molar-refractivity contribution < 1.29 is 4.42 Å². The smallest absolute Gasteiger partial charge is 0.161 e. The van der Waals surface area contributed by atoms with Gasteiger partial charge in [-0.1, -0.05) is 78.9 Å². The third-order valence-electron chi connectivity index (χ3n) is 7.22. The minimum Gasteiger partial charge on any atom is -0.454 e. The number of benzene rings is 5. The number of hydrogen-bond acceptors (Lipinski definition) is 2. The van der Waals surface area contributed by atoms with Crippen LogP contribution in [0.1, 0.15) is 0 Å². The van der Waals surface area contributed by atoms with Crippen LogP contribution in [0.2, 0.25) is 0 Å². The molecule has 0 saturated carbocycles. The summed E-state index contributed by atoms with van der Waals surface area (Å²) in [5, 5.41) is 5.63. The minimum atomic E-state index is 0.838. The quantitative estimate of drug-likeness (QED) is 0.258. The molecule has 0 bridgehead atoms. The van der Waals surface area contributed by atoms with Crippen molar-refractivity contribution in [2.75, 3.05) is 0 Å². The highest BCUT2D eigenvalue weighted by Crippen LogP contribution is 2.40. The zero-order valence-corrected chi connectivity index (χ0v) is 19.3.